The van der Waals surface area contributed by atoms with Crippen LogP contribution in [0.5, 0.6) is 0 Å². The summed E-state index contributed by atoms with van der Waals surface area (Å²) in [5.41, 5.74) is 6.00. The van der Waals surface area contributed by atoms with Crippen LogP contribution < -0.4 is 11.1 Å². The molecule has 1 aliphatic carbocycles. The number of hydrogen-bond acceptors (Lipinski definition) is 3. The first-order chi connectivity index (χ1) is 7.22. The molecule has 1 saturated heterocycles. The van der Waals surface area contributed by atoms with Gasteiger partial charge in [-0.3, -0.25) is 0 Å². The first kappa shape index (κ1) is 11.4. The van der Waals surface area contributed by atoms with Crippen molar-refractivity contribution in [3.8, 4) is 0 Å². The van der Waals surface area contributed by atoms with Crippen molar-refractivity contribution in [2.24, 2.45) is 11.7 Å². The van der Waals surface area contributed by atoms with Crippen LogP contribution in [0, 0.1) is 5.92 Å². The largest absolute Gasteiger partial charge is 0.377 e. The van der Waals surface area contributed by atoms with E-state index in [9.17, 15) is 0 Å². The third-order valence-corrected chi connectivity index (χ3v) is 3.67. The summed E-state index contributed by atoms with van der Waals surface area (Å²) in [4.78, 5) is 0. The van der Waals surface area contributed by atoms with Crippen LogP contribution >= 0.6 is 0 Å². The van der Waals surface area contributed by atoms with Crippen molar-refractivity contribution in [1.29, 1.82) is 0 Å². The van der Waals surface area contributed by atoms with Crippen molar-refractivity contribution >= 4 is 0 Å². The van der Waals surface area contributed by atoms with E-state index < -0.39 is 0 Å². The van der Waals surface area contributed by atoms with E-state index in [1.807, 2.05) is 0 Å². The normalized spacial score (nSPS) is 30.4. The molecule has 2 unspecified atom stereocenters. The number of hydrogen-bond donors (Lipinski definition) is 2. The van der Waals surface area contributed by atoms with Crippen LogP contribution in [0.3, 0.4) is 0 Å². The van der Waals surface area contributed by atoms with Gasteiger partial charge in [0.25, 0.3) is 0 Å². The van der Waals surface area contributed by atoms with Crippen LogP contribution in [-0.2, 0) is 4.74 Å². The van der Waals surface area contributed by atoms with Gasteiger partial charge in [-0.05, 0) is 32.1 Å². The first-order valence-corrected chi connectivity index (χ1v) is 6.28. The fraction of sp³-hybridized carbons (Fsp3) is 1.00. The van der Waals surface area contributed by atoms with E-state index in [2.05, 4.69) is 12.2 Å². The standard InChI is InChI=1S/C12H24N2O/c1-12(9-13,7-10-4-5-10)14-8-11-3-2-6-15-11/h10-11,14H,2-9,13H2,1H3. The Morgan fingerprint density at radius 2 is 2.20 bits per heavy atom. The molecule has 3 heteroatoms. The predicted octanol–water partition coefficient (Wildman–Crippen LogP) is 1.27. The molecule has 2 rings (SSSR count). The lowest BCUT2D eigenvalue weighted by Crippen LogP contribution is -2.51. The summed E-state index contributed by atoms with van der Waals surface area (Å²) in [6, 6.07) is 0. The zero-order valence-corrected chi connectivity index (χ0v) is 9.80. The second-order valence-electron chi connectivity index (χ2n) is 5.43. The molecule has 2 aliphatic rings. The molecule has 0 radical (unpaired) electrons. The van der Waals surface area contributed by atoms with Crippen molar-refractivity contribution in [3.63, 3.8) is 0 Å². The SMILES string of the molecule is CC(CN)(CC1CC1)NCC1CCCO1. The van der Waals surface area contributed by atoms with Crippen molar-refractivity contribution in [3.05, 3.63) is 0 Å². The number of ether oxygens (including phenoxy) is 1. The van der Waals surface area contributed by atoms with Crippen LogP contribution in [0.2, 0.25) is 0 Å². The Bertz CT molecular complexity index is 200. The second kappa shape index (κ2) is 4.81. The summed E-state index contributed by atoms with van der Waals surface area (Å²) in [5.74, 6) is 0.926. The van der Waals surface area contributed by atoms with E-state index in [4.69, 9.17) is 10.5 Å². The molecular weight excluding hydrogens is 188 g/mol. The zero-order valence-electron chi connectivity index (χ0n) is 9.80. The van der Waals surface area contributed by atoms with E-state index in [1.54, 1.807) is 0 Å². The Hall–Kier alpha value is -0.120. The van der Waals surface area contributed by atoms with Crippen LogP contribution in [0.15, 0.2) is 0 Å². The zero-order chi connectivity index (χ0) is 10.7. The van der Waals surface area contributed by atoms with E-state index in [0.717, 1.165) is 25.6 Å². The summed E-state index contributed by atoms with van der Waals surface area (Å²) in [5, 5.41) is 3.61. The third kappa shape index (κ3) is 3.44. The average Bonchev–Trinajstić information content (AvgIpc) is 2.88. The van der Waals surface area contributed by atoms with Gasteiger partial charge in [0, 0.05) is 25.2 Å². The molecule has 3 nitrogen and oxygen atoms in total. The molecule has 2 atom stereocenters. The Balaban J connectivity index is 1.72. The summed E-state index contributed by atoms with van der Waals surface area (Å²) in [6.45, 7) is 4.89. The van der Waals surface area contributed by atoms with Gasteiger partial charge < -0.3 is 15.8 Å². The number of nitrogens with one attached hydrogen (secondary N) is 1. The molecule has 15 heavy (non-hydrogen) atoms. The van der Waals surface area contributed by atoms with Gasteiger partial charge in [-0.25, -0.2) is 0 Å². The maximum absolute atomic E-state index is 5.86. The lowest BCUT2D eigenvalue weighted by atomic mass is 9.94. The molecular formula is C12H24N2O. The molecule has 3 N–H and O–H groups in total. The van der Waals surface area contributed by atoms with Crippen molar-refractivity contribution in [2.45, 2.75) is 50.7 Å². The summed E-state index contributed by atoms with van der Waals surface area (Å²) in [7, 11) is 0. The molecule has 0 amide bonds. The van der Waals surface area contributed by atoms with Crippen LogP contribution in [-0.4, -0.2) is 31.3 Å². The minimum absolute atomic E-state index is 0.132. The van der Waals surface area contributed by atoms with Crippen LogP contribution in [0.4, 0.5) is 0 Å². The fourth-order valence-corrected chi connectivity index (χ4v) is 2.35. The average molecular weight is 212 g/mol. The number of rotatable bonds is 6. The Kier molecular flexibility index (Phi) is 3.65. The molecule has 0 spiro atoms. The highest BCUT2D eigenvalue weighted by Crippen LogP contribution is 2.36. The quantitative estimate of drug-likeness (QED) is 0.697. The van der Waals surface area contributed by atoms with Gasteiger partial charge in [-0.15, -0.1) is 0 Å². The third-order valence-electron chi connectivity index (χ3n) is 3.67. The van der Waals surface area contributed by atoms with Gasteiger partial charge in [-0.1, -0.05) is 12.8 Å². The van der Waals surface area contributed by atoms with Gasteiger partial charge in [0.2, 0.25) is 0 Å². The fourth-order valence-electron chi connectivity index (χ4n) is 2.35. The van der Waals surface area contributed by atoms with Gasteiger partial charge in [0.1, 0.15) is 0 Å². The Morgan fingerprint density at radius 3 is 2.73 bits per heavy atom. The maximum atomic E-state index is 5.86. The van der Waals surface area contributed by atoms with Gasteiger partial charge in [0.15, 0.2) is 0 Å². The molecule has 1 aliphatic heterocycles. The minimum Gasteiger partial charge on any atom is -0.377 e. The summed E-state index contributed by atoms with van der Waals surface area (Å²) >= 11 is 0. The highest BCUT2D eigenvalue weighted by molar-refractivity contribution is 4.91. The summed E-state index contributed by atoms with van der Waals surface area (Å²) in [6.07, 6.45) is 6.88. The van der Waals surface area contributed by atoms with Crippen molar-refractivity contribution < 1.29 is 4.74 Å². The van der Waals surface area contributed by atoms with E-state index in [0.29, 0.717) is 6.10 Å². The molecule has 0 bridgehead atoms. The molecule has 0 aromatic heterocycles. The number of nitrogens with two attached hydrogens (primary N) is 1. The van der Waals surface area contributed by atoms with Gasteiger partial charge in [0.05, 0.1) is 6.10 Å². The van der Waals surface area contributed by atoms with Crippen LogP contribution in [0.25, 0.3) is 0 Å². The highest BCUT2D eigenvalue weighted by atomic mass is 16.5. The molecule has 88 valence electrons. The monoisotopic (exact) mass is 212 g/mol. The Labute approximate surface area is 92.7 Å². The van der Waals surface area contributed by atoms with Crippen LogP contribution in [0.1, 0.15) is 39.0 Å². The molecule has 0 aromatic rings. The first-order valence-electron chi connectivity index (χ1n) is 6.28. The van der Waals surface area contributed by atoms with E-state index >= 15 is 0 Å². The Morgan fingerprint density at radius 1 is 1.40 bits per heavy atom. The maximum Gasteiger partial charge on any atom is 0.0700 e. The van der Waals surface area contributed by atoms with E-state index in [-0.39, 0.29) is 5.54 Å². The second-order valence-corrected chi connectivity index (χ2v) is 5.43. The lowest BCUT2D eigenvalue weighted by molar-refractivity contribution is 0.101. The van der Waals surface area contributed by atoms with E-state index in [1.165, 1.54) is 32.1 Å². The van der Waals surface area contributed by atoms with Crippen molar-refractivity contribution in [2.75, 3.05) is 19.7 Å². The minimum atomic E-state index is 0.132. The molecule has 2 fully saturated rings. The van der Waals surface area contributed by atoms with Gasteiger partial charge in [-0.2, -0.15) is 0 Å². The highest BCUT2D eigenvalue weighted by Gasteiger charge is 2.32. The molecule has 1 heterocycles. The topological polar surface area (TPSA) is 47.3 Å². The van der Waals surface area contributed by atoms with Crippen molar-refractivity contribution in [1.82, 2.24) is 5.32 Å². The smallest absolute Gasteiger partial charge is 0.0700 e. The lowest BCUT2D eigenvalue weighted by Gasteiger charge is -2.31. The van der Waals surface area contributed by atoms with Gasteiger partial charge >= 0.3 is 0 Å². The molecule has 0 aromatic carbocycles. The summed E-state index contributed by atoms with van der Waals surface area (Å²) < 4.78 is 5.61. The predicted molar refractivity (Wildman–Crippen MR) is 61.8 cm³/mol. The molecule has 1 saturated carbocycles.